The molecule has 0 radical (unpaired) electrons. The third-order valence-electron chi connectivity index (χ3n) is 6.84. The number of aromatic amines is 1. The lowest BCUT2D eigenvalue weighted by atomic mass is 9.77. The summed E-state index contributed by atoms with van der Waals surface area (Å²) >= 11 is 0. The van der Waals surface area contributed by atoms with Crippen LogP contribution in [0.25, 0.3) is 0 Å². The fraction of sp³-hybridized carbons (Fsp3) is 0.542. The predicted molar refractivity (Wildman–Crippen MR) is 116 cm³/mol. The van der Waals surface area contributed by atoms with E-state index in [0.717, 1.165) is 11.0 Å². The first-order chi connectivity index (χ1) is 16.3. The molecule has 190 valence electrons. The van der Waals surface area contributed by atoms with Gasteiger partial charge in [-0.3, -0.25) is 9.89 Å². The number of fused-ring (bicyclic) bond motifs is 1. The molecule has 0 atom stereocenters. The van der Waals surface area contributed by atoms with E-state index in [1.165, 1.54) is 11.0 Å². The van der Waals surface area contributed by atoms with Crippen molar-refractivity contribution in [1.29, 1.82) is 0 Å². The van der Waals surface area contributed by atoms with Gasteiger partial charge in [-0.15, -0.1) is 0 Å². The van der Waals surface area contributed by atoms with Crippen LogP contribution < -0.4 is 5.11 Å². The van der Waals surface area contributed by atoms with E-state index in [2.05, 4.69) is 10.2 Å². The number of likely N-dealkylation sites (tertiary alicyclic amines) is 1. The van der Waals surface area contributed by atoms with Crippen molar-refractivity contribution < 1.29 is 32.3 Å². The summed E-state index contributed by atoms with van der Waals surface area (Å²) in [5, 5.41) is 18.1. The van der Waals surface area contributed by atoms with Gasteiger partial charge in [0, 0.05) is 49.4 Å². The minimum absolute atomic E-state index is 0.00813. The van der Waals surface area contributed by atoms with Crippen molar-refractivity contribution in [1.82, 2.24) is 20.0 Å². The van der Waals surface area contributed by atoms with Crippen LogP contribution in [0.5, 0.6) is 0 Å². The van der Waals surface area contributed by atoms with Crippen LogP contribution in [-0.4, -0.2) is 51.6 Å². The van der Waals surface area contributed by atoms with E-state index in [1.807, 2.05) is 0 Å². The Bertz CT molecular complexity index is 1140. The van der Waals surface area contributed by atoms with Gasteiger partial charge in [-0.1, -0.05) is 26.8 Å². The second-order valence-corrected chi connectivity index (χ2v) is 10.2. The van der Waals surface area contributed by atoms with Crippen molar-refractivity contribution in [3.63, 3.8) is 0 Å². The SMILES string of the molecule is CC(C)(C)c1c(F)ccc(C2CCN(C(=O)c3n[nH]c4c3CN(C(=O)[O-])CC4)CC2)c1C(F)(F)F. The molecule has 1 fully saturated rings. The van der Waals surface area contributed by atoms with Gasteiger partial charge in [0.2, 0.25) is 0 Å². The molecular formula is C24H27F4N4O3-. The standard InChI is InChI=1S/C24H28F4N4O3/c1-23(2,3)19-16(25)5-4-14(18(19)24(26,27)28)13-6-9-31(10-7-13)21(33)20-15-12-32(22(34)35)11-8-17(15)29-30-20/h4-5,13H,6-12H2,1-3H3,(H,29,30)(H,34,35)/p-1. The van der Waals surface area contributed by atoms with Crippen molar-refractivity contribution in [2.45, 2.75) is 64.1 Å². The zero-order chi connectivity index (χ0) is 25.7. The number of halogens is 4. The first kappa shape index (κ1) is 25.0. The first-order valence-electron chi connectivity index (χ1n) is 11.5. The normalized spacial score (nSPS) is 17.5. The van der Waals surface area contributed by atoms with Gasteiger partial charge >= 0.3 is 6.18 Å². The maximum Gasteiger partial charge on any atom is 0.417 e. The van der Waals surface area contributed by atoms with E-state index in [1.54, 1.807) is 20.8 Å². The van der Waals surface area contributed by atoms with Crippen LogP contribution in [0.15, 0.2) is 12.1 Å². The number of hydrogen-bond acceptors (Lipinski definition) is 4. The van der Waals surface area contributed by atoms with Crippen LogP contribution in [0, 0.1) is 5.82 Å². The zero-order valence-corrected chi connectivity index (χ0v) is 19.8. The third-order valence-corrected chi connectivity index (χ3v) is 6.84. The fourth-order valence-corrected chi connectivity index (χ4v) is 5.14. The number of benzene rings is 1. The summed E-state index contributed by atoms with van der Waals surface area (Å²) in [6, 6.07) is 2.32. The topological polar surface area (TPSA) is 92.4 Å². The van der Waals surface area contributed by atoms with Crippen LogP contribution in [0.2, 0.25) is 0 Å². The molecule has 3 heterocycles. The summed E-state index contributed by atoms with van der Waals surface area (Å²) < 4.78 is 56.9. The molecule has 0 unspecified atom stereocenters. The van der Waals surface area contributed by atoms with Crippen molar-refractivity contribution in [3.05, 3.63) is 51.6 Å². The predicted octanol–water partition coefficient (Wildman–Crippen LogP) is 3.59. The smallest absolute Gasteiger partial charge is 0.417 e. The average molecular weight is 495 g/mol. The molecule has 2 aliphatic rings. The minimum atomic E-state index is -4.72. The number of hydrogen-bond donors (Lipinski definition) is 1. The maximum absolute atomic E-state index is 14.6. The molecule has 0 spiro atoms. The van der Waals surface area contributed by atoms with E-state index < -0.39 is 40.9 Å². The number of carbonyl (C=O) groups excluding carboxylic acids is 2. The molecule has 35 heavy (non-hydrogen) atoms. The summed E-state index contributed by atoms with van der Waals surface area (Å²) in [5.74, 6) is -1.76. The van der Waals surface area contributed by atoms with Crippen LogP contribution in [0.3, 0.4) is 0 Å². The third kappa shape index (κ3) is 4.72. The number of carbonyl (C=O) groups is 2. The number of carboxylic acid groups (broad SMARTS) is 1. The van der Waals surface area contributed by atoms with Gasteiger partial charge in [0.15, 0.2) is 5.69 Å². The van der Waals surface area contributed by atoms with Gasteiger partial charge in [-0.2, -0.15) is 18.3 Å². The quantitative estimate of drug-likeness (QED) is 0.645. The second kappa shape index (κ2) is 8.83. The highest BCUT2D eigenvalue weighted by Crippen LogP contribution is 2.45. The molecule has 2 aromatic rings. The van der Waals surface area contributed by atoms with E-state index in [4.69, 9.17) is 0 Å². The van der Waals surface area contributed by atoms with E-state index >= 15 is 0 Å². The lowest BCUT2D eigenvalue weighted by Gasteiger charge is -2.35. The van der Waals surface area contributed by atoms with E-state index in [0.29, 0.717) is 17.7 Å². The number of alkyl halides is 3. The summed E-state index contributed by atoms with van der Waals surface area (Å²) in [6.45, 7) is 5.30. The Kier molecular flexibility index (Phi) is 6.31. The van der Waals surface area contributed by atoms with Crippen LogP contribution in [0.1, 0.15) is 78.0 Å². The Morgan fingerprint density at radius 2 is 1.71 bits per heavy atom. The van der Waals surface area contributed by atoms with Crippen LogP contribution in [0.4, 0.5) is 22.4 Å². The Morgan fingerprint density at radius 3 is 2.29 bits per heavy atom. The van der Waals surface area contributed by atoms with Crippen molar-refractivity contribution >= 4 is 12.0 Å². The molecule has 1 saturated heterocycles. The molecule has 0 bridgehead atoms. The molecule has 1 N–H and O–H groups in total. The Morgan fingerprint density at radius 1 is 1.06 bits per heavy atom. The van der Waals surface area contributed by atoms with Gasteiger partial charge in [-0.25, -0.2) is 4.39 Å². The Balaban J connectivity index is 1.55. The molecule has 4 rings (SSSR count). The van der Waals surface area contributed by atoms with Gasteiger partial charge in [0.1, 0.15) is 11.9 Å². The Hall–Kier alpha value is -3.11. The molecule has 7 nitrogen and oxygen atoms in total. The molecule has 0 aliphatic carbocycles. The molecular weight excluding hydrogens is 468 g/mol. The summed E-state index contributed by atoms with van der Waals surface area (Å²) in [4.78, 5) is 27.0. The maximum atomic E-state index is 14.6. The van der Waals surface area contributed by atoms with Gasteiger partial charge in [0.25, 0.3) is 5.91 Å². The largest absolute Gasteiger partial charge is 0.530 e. The molecule has 0 saturated carbocycles. The molecule has 1 aromatic carbocycles. The van der Waals surface area contributed by atoms with Crippen molar-refractivity contribution in [3.8, 4) is 0 Å². The summed E-state index contributed by atoms with van der Waals surface area (Å²) in [7, 11) is 0. The van der Waals surface area contributed by atoms with Crippen LogP contribution in [-0.2, 0) is 24.6 Å². The van der Waals surface area contributed by atoms with Crippen molar-refractivity contribution in [2.75, 3.05) is 19.6 Å². The molecule has 11 heteroatoms. The number of piperidine rings is 1. The monoisotopic (exact) mass is 495 g/mol. The lowest BCUT2D eigenvalue weighted by Crippen LogP contribution is -2.44. The number of rotatable bonds is 2. The van der Waals surface area contributed by atoms with Crippen molar-refractivity contribution in [2.24, 2.45) is 0 Å². The molecule has 1 aromatic heterocycles. The highest BCUT2D eigenvalue weighted by molar-refractivity contribution is 5.94. The van der Waals surface area contributed by atoms with Gasteiger partial charge < -0.3 is 19.7 Å². The fourth-order valence-electron chi connectivity index (χ4n) is 5.14. The van der Waals surface area contributed by atoms with Gasteiger partial charge in [-0.05, 0) is 35.8 Å². The van der Waals surface area contributed by atoms with E-state index in [-0.39, 0.29) is 55.8 Å². The van der Waals surface area contributed by atoms with E-state index in [9.17, 15) is 32.3 Å². The second-order valence-electron chi connectivity index (χ2n) is 10.2. The number of aromatic nitrogens is 2. The number of nitrogens with zero attached hydrogens (tertiary/aromatic N) is 3. The number of H-pyrrole nitrogens is 1. The highest BCUT2D eigenvalue weighted by atomic mass is 19.4. The first-order valence-corrected chi connectivity index (χ1v) is 11.5. The molecule has 2 aliphatic heterocycles. The zero-order valence-electron chi connectivity index (χ0n) is 19.8. The Labute approximate surface area is 200 Å². The number of nitrogens with one attached hydrogen (secondary N) is 1. The van der Waals surface area contributed by atoms with Gasteiger partial charge in [0.05, 0.1) is 5.56 Å². The number of amides is 2. The summed E-state index contributed by atoms with van der Waals surface area (Å²) in [5.41, 5.74) is -0.938. The van der Waals surface area contributed by atoms with Crippen LogP contribution >= 0.6 is 0 Å². The highest BCUT2D eigenvalue weighted by Gasteiger charge is 2.42. The average Bonchev–Trinajstić information content (AvgIpc) is 3.20. The summed E-state index contributed by atoms with van der Waals surface area (Å²) in [6.07, 6.45) is -5.10. The molecule has 2 amide bonds. The minimum Gasteiger partial charge on any atom is -0.530 e. The lowest BCUT2D eigenvalue weighted by molar-refractivity contribution is -0.266.